The van der Waals surface area contributed by atoms with Crippen molar-refractivity contribution < 1.29 is 53.1 Å². The summed E-state index contributed by atoms with van der Waals surface area (Å²) in [7, 11) is 0. The smallest absolute Gasteiger partial charge is 0.320 e. The molecule has 0 saturated heterocycles. The second kappa shape index (κ2) is 38.1. The van der Waals surface area contributed by atoms with Crippen LogP contribution < -0.4 is 16.0 Å². The van der Waals surface area contributed by atoms with E-state index in [9.17, 15) is 29.1 Å². The Morgan fingerprint density at radius 2 is 0.904 bits per heavy atom. The summed E-state index contributed by atoms with van der Waals surface area (Å²) in [5.74, 6) is -2.18. The normalized spacial score (nSPS) is 11.7. The lowest BCUT2D eigenvalue weighted by Crippen LogP contribution is -2.38. The number of ether oxygens (including phenoxy) is 4. The van der Waals surface area contributed by atoms with Crippen LogP contribution >= 0.6 is 0 Å². The highest BCUT2D eigenvalue weighted by Crippen LogP contribution is 2.14. The summed E-state index contributed by atoms with van der Waals surface area (Å²) in [5, 5.41) is 26.6. The van der Waals surface area contributed by atoms with Gasteiger partial charge in [-0.1, -0.05) is 96.3 Å². The molecule has 0 spiro atoms. The van der Waals surface area contributed by atoms with Crippen LogP contribution in [0.4, 0.5) is 0 Å². The highest BCUT2D eigenvalue weighted by atomic mass is 16.5. The van der Waals surface area contributed by atoms with E-state index in [-0.39, 0.29) is 63.5 Å². The SMILES string of the molecule is CC(=O)COCCOCCNC(=O)COCCOCCNC(=O)CC[C@H](NCCCCCCCCCCCCCCCCCCCC(=O)O)C(=O)O. The zero-order chi connectivity index (χ0) is 38.3. The van der Waals surface area contributed by atoms with Gasteiger partial charge in [-0.25, -0.2) is 0 Å². The van der Waals surface area contributed by atoms with Crippen LogP contribution in [-0.2, 0) is 42.9 Å². The van der Waals surface area contributed by atoms with Crippen molar-refractivity contribution in [1.82, 2.24) is 16.0 Å². The second-order valence-corrected chi connectivity index (χ2v) is 13.3. The first-order chi connectivity index (χ1) is 25.2. The Morgan fingerprint density at radius 1 is 0.481 bits per heavy atom. The Bertz CT molecular complexity index is 907. The van der Waals surface area contributed by atoms with E-state index in [0.29, 0.717) is 45.9 Å². The maximum Gasteiger partial charge on any atom is 0.320 e. The molecule has 0 rings (SSSR count). The maximum atomic E-state index is 12.1. The summed E-state index contributed by atoms with van der Waals surface area (Å²) in [6.07, 6.45) is 20.8. The molecule has 2 amide bonds. The fourth-order valence-corrected chi connectivity index (χ4v) is 5.40. The van der Waals surface area contributed by atoms with Crippen molar-refractivity contribution >= 4 is 29.5 Å². The summed E-state index contributed by atoms with van der Waals surface area (Å²) >= 11 is 0. The molecule has 0 unspecified atom stereocenters. The van der Waals surface area contributed by atoms with Crippen LogP contribution in [0.1, 0.15) is 135 Å². The quantitative estimate of drug-likeness (QED) is 0.0537. The van der Waals surface area contributed by atoms with Crippen molar-refractivity contribution in [3.8, 4) is 0 Å². The molecule has 14 heteroatoms. The number of hydrogen-bond donors (Lipinski definition) is 5. The summed E-state index contributed by atoms with van der Waals surface area (Å²) in [6, 6.07) is -0.752. The third-order valence-electron chi connectivity index (χ3n) is 8.34. The topological polar surface area (TPSA) is 199 Å². The minimum absolute atomic E-state index is 0.0453. The summed E-state index contributed by atoms with van der Waals surface area (Å²) < 4.78 is 21.0. The van der Waals surface area contributed by atoms with Gasteiger partial charge in [0.1, 0.15) is 19.3 Å². The Labute approximate surface area is 312 Å². The van der Waals surface area contributed by atoms with E-state index in [1.54, 1.807) is 0 Å². The molecule has 0 bridgehead atoms. The minimum Gasteiger partial charge on any atom is -0.481 e. The fourth-order valence-electron chi connectivity index (χ4n) is 5.40. The van der Waals surface area contributed by atoms with Gasteiger partial charge in [0.2, 0.25) is 11.8 Å². The van der Waals surface area contributed by atoms with Gasteiger partial charge in [0, 0.05) is 25.9 Å². The largest absolute Gasteiger partial charge is 0.481 e. The molecule has 0 fully saturated rings. The summed E-state index contributed by atoms with van der Waals surface area (Å²) in [5.41, 5.74) is 0. The van der Waals surface area contributed by atoms with Crippen molar-refractivity contribution in [2.75, 3.05) is 72.5 Å². The molecule has 0 radical (unpaired) electrons. The van der Waals surface area contributed by atoms with Crippen molar-refractivity contribution in [2.45, 2.75) is 141 Å². The molecular formula is C38H71N3O11. The number of amides is 2. The molecular weight excluding hydrogens is 674 g/mol. The van der Waals surface area contributed by atoms with Crippen molar-refractivity contribution in [1.29, 1.82) is 0 Å². The number of hydrogen-bond acceptors (Lipinski definition) is 10. The number of ketones is 1. The van der Waals surface area contributed by atoms with Crippen molar-refractivity contribution in [3.05, 3.63) is 0 Å². The van der Waals surface area contributed by atoms with Crippen LogP contribution in [0.2, 0.25) is 0 Å². The third kappa shape index (κ3) is 38.6. The van der Waals surface area contributed by atoms with Gasteiger partial charge < -0.3 is 45.1 Å². The average Bonchev–Trinajstić information content (AvgIpc) is 3.10. The van der Waals surface area contributed by atoms with Gasteiger partial charge in [0.15, 0.2) is 5.78 Å². The standard InChI is InChI=1S/C38H71N3O11/c1-33(42)31-51-29-27-50-26-24-41-36(44)32-52-30-28-49-25-23-40-35(43)21-20-34(38(47)48)39-22-18-16-14-12-10-8-6-4-2-3-5-7-9-11-13-15-17-19-37(45)46/h34,39H,2-32H2,1H3,(H,40,43)(H,41,44)(H,45,46)(H,47,48)/t34-/m0/s1. The molecule has 0 aliphatic carbocycles. The zero-order valence-corrected chi connectivity index (χ0v) is 32.1. The van der Waals surface area contributed by atoms with Gasteiger partial charge in [-0.3, -0.25) is 24.0 Å². The van der Waals surface area contributed by atoms with Crippen LogP contribution in [-0.4, -0.2) is 118 Å². The number of carboxylic acid groups (broad SMARTS) is 2. The molecule has 52 heavy (non-hydrogen) atoms. The molecule has 0 aromatic carbocycles. The number of nitrogens with one attached hydrogen (secondary N) is 3. The van der Waals surface area contributed by atoms with E-state index >= 15 is 0 Å². The first-order valence-electron chi connectivity index (χ1n) is 19.7. The van der Waals surface area contributed by atoms with E-state index in [4.69, 9.17) is 24.1 Å². The molecule has 14 nitrogen and oxygen atoms in total. The van der Waals surface area contributed by atoms with Gasteiger partial charge in [-0.05, 0) is 32.7 Å². The Balaban J connectivity index is 3.53. The van der Waals surface area contributed by atoms with E-state index < -0.39 is 18.0 Å². The molecule has 0 aliphatic heterocycles. The van der Waals surface area contributed by atoms with Crippen LogP contribution in [0.25, 0.3) is 0 Å². The molecule has 0 aliphatic rings. The number of unbranched alkanes of at least 4 members (excludes halogenated alkanes) is 16. The fraction of sp³-hybridized carbons (Fsp3) is 0.868. The highest BCUT2D eigenvalue weighted by molar-refractivity contribution is 5.78. The first kappa shape index (κ1) is 49.4. The summed E-state index contributed by atoms with van der Waals surface area (Å²) in [6.45, 7) is 4.40. The molecule has 0 aromatic heterocycles. The second-order valence-electron chi connectivity index (χ2n) is 13.3. The Kier molecular flexibility index (Phi) is 36.1. The van der Waals surface area contributed by atoms with Gasteiger partial charge in [-0.15, -0.1) is 0 Å². The molecule has 0 saturated carbocycles. The van der Waals surface area contributed by atoms with E-state index in [1.165, 1.54) is 77.6 Å². The molecule has 0 heterocycles. The Hall–Kier alpha value is -2.65. The predicted octanol–water partition coefficient (Wildman–Crippen LogP) is 4.80. The average molecular weight is 746 g/mol. The predicted molar refractivity (Wildman–Crippen MR) is 199 cm³/mol. The van der Waals surface area contributed by atoms with Crippen molar-refractivity contribution in [2.24, 2.45) is 0 Å². The van der Waals surface area contributed by atoms with Crippen LogP contribution in [0, 0.1) is 0 Å². The van der Waals surface area contributed by atoms with Crippen LogP contribution in [0.15, 0.2) is 0 Å². The van der Waals surface area contributed by atoms with E-state index in [2.05, 4.69) is 16.0 Å². The lowest BCUT2D eigenvalue weighted by Gasteiger charge is -2.14. The maximum absolute atomic E-state index is 12.1. The van der Waals surface area contributed by atoms with Gasteiger partial charge in [0.05, 0.1) is 39.6 Å². The lowest BCUT2D eigenvalue weighted by atomic mass is 10.0. The van der Waals surface area contributed by atoms with E-state index in [1.807, 2.05) is 0 Å². The first-order valence-corrected chi connectivity index (χ1v) is 19.7. The number of carbonyl (C=O) groups is 5. The number of rotatable bonds is 41. The molecule has 1 atom stereocenters. The Morgan fingerprint density at radius 3 is 1.37 bits per heavy atom. The van der Waals surface area contributed by atoms with Gasteiger partial charge in [-0.2, -0.15) is 0 Å². The monoisotopic (exact) mass is 746 g/mol. The molecule has 304 valence electrons. The lowest BCUT2D eigenvalue weighted by molar-refractivity contribution is -0.140. The van der Waals surface area contributed by atoms with Gasteiger partial charge in [0.25, 0.3) is 0 Å². The highest BCUT2D eigenvalue weighted by Gasteiger charge is 2.17. The number of carboxylic acids is 2. The summed E-state index contributed by atoms with van der Waals surface area (Å²) in [4.78, 5) is 56.7. The third-order valence-corrected chi connectivity index (χ3v) is 8.34. The number of Topliss-reactive ketones (excluding diaryl/α,β-unsaturated/α-hetero) is 1. The van der Waals surface area contributed by atoms with Crippen LogP contribution in [0.5, 0.6) is 0 Å². The zero-order valence-electron chi connectivity index (χ0n) is 32.1. The molecule has 0 aromatic rings. The minimum atomic E-state index is -0.948. The van der Waals surface area contributed by atoms with Crippen LogP contribution in [0.3, 0.4) is 0 Å². The van der Waals surface area contributed by atoms with E-state index in [0.717, 1.165) is 38.5 Å². The van der Waals surface area contributed by atoms with Crippen molar-refractivity contribution in [3.63, 3.8) is 0 Å². The van der Waals surface area contributed by atoms with Gasteiger partial charge >= 0.3 is 11.9 Å². The number of aliphatic carboxylic acids is 2. The number of carbonyl (C=O) groups excluding carboxylic acids is 3. The molecule has 5 N–H and O–H groups in total.